The van der Waals surface area contributed by atoms with E-state index in [1.54, 1.807) is 0 Å². The van der Waals surface area contributed by atoms with Crippen molar-refractivity contribution in [2.24, 2.45) is 0 Å². The molecule has 146 valence electrons. The zero-order valence-electron chi connectivity index (χ0n) is 17.3. The van der Waals surface area contributed by atoms with E-state index in [9.17, 15) is 0 Å². The van der Waals surface area contributed by atoms with Gasteiger partial charge in [0.25, 0.3) is 0 Å². The van der Waals surface area contributed by atoms with Crippen LogP contribution in [0.2, 0.25) is 0 Å². The fourth-order valence-electron chi connectivity index (χ4n) is 4.06. The van der Waals surface area contributed by atoms with Crippen molar-refractivity contribution in [2.75, 3.05) is 0 Å². The second-order valence-electron chi connectivity index (χ2n) is 7.88. The van der Waals surface area contributed by atoms with Crippen LogP contribution in [0.15, 0.2) is 109 Å². The van der Waals surface area contributed by atoms with Crippen molar-refractivity contribution in [3.8, 4) is 39.4 Å². The normalized spacial score (nSPS) is 10.7. The van der Waals surface area contributed by atoms with E-state index in [4.69, 9.17) is 5.26 Å². The molecule has 0 aliphatic carbocycles. The Hall–Kier alpha value is -4.15. The van der Waals surface area contributed by atoms with Crippen molar-refractivity contribution in [2.45, 2.75) is 6.92 Å². The number of nitriles is 1. The third kappa shape index (κ3) is 3.72. The molecule has 0 spiro atoms. The van der Waals surface area contributed by atoms with Gasteiger partial charge < -0.3 is 0 Å². The van der Waals surface area contributed by atoms with E-state index in [0.717, 1.165) is 11.1 Å². The Morgan fingerprint density at radius 1 is 0.548 bits per heavy atom. The molecule has 0 amide bonds. The SMILES string of the molecule is Cc1ccc(-c2cccc3ccc(-c4ccc(-c5cccc(C#N)c5)cc4)cc23)cc1. The van der Waals surface area contributed by atoms with E-state index in [2.05, 4.69) is 97.9 Å². The lowest BCUT2D eigenvalue weighted by Crippen LogP contribution is -1.85. The Balaban J connectivity index is 1.55. The zero-order valence-corrected chi connectivity index (χ0v) is 17.3. The lowest BCUT2D eigenvalue weighted by molar-refractivity contribution is 1.47. The zero-order chi connectivity index (χ0) is 21.2. The molecule has 5 aromatic rings. The lowest BCUT2D eigenvalue weighted by atomic mass is 9.94. The quantitative estimate of drug-likeness (QED) is 0.303. The van der Waals surface area contributed by atoms with Gasteiger partial charge in [-0.15, -0.1) is 0 Å². The molecule has 0 aliphatic rings. The van der Waals surface area contributed by atoms with Crippen LogP contribution in [0, 0.1) is 18.3 Å². The van der Waals surface area contributed by atoms with Gasteiger partial charge in [0.15, 0.2) is 0 Å². The van der Waals surface area contributed by atoms with Crippen LogP contribution in [-0.2, 0) is 0 Å². The summed E-state index contributed by atoms with van der Waals surface area (Å²) in [6.45, 7) is 2.12. The van der Waals surface area contributed by atoms with Crippen LogP contribution in [0.1, 0.15) is 11.1 Å². The summed E-state index contributed by atoms with van der Waals surface area (Å²) in [7, 11) is 0. The molecule has 0 aliphatic heterocycles. The molecule has 5 aromatic carbocycles. The second kappa shape index (κ2) is 7.94. The van der Waals surface area contributed by atoms with Gasteiger partial charge in [0.05, 0.1) is 11.6 Å². The van der Waals surface area contributed by atoms with Gasteiger partial charge in [-0.05, 0) is 69.3 Å². The molecule has 0 bridgehead atoms. The molecule has 5 rings (SSSR count). The molecule has 1 nitrogen and oxygen atoms in total. The molecule has 0 saturated carbocycles. The first-order valence-electron chi connectivity index (χ1n) is 10.4. The fraction of sp³-hybridized carbons (Fsp3) is 0.0333. The molecular weight excluding hydrogens is 374 g/mol. The van der Waals surface area contributed by atoms with E-state index in [1.807, 2.05) is 24.3 Å². The van der Waals surface area contributed by atoms with Crippen molar-refractivity contribution in [3.05, 3.63) is 120 Å². The average molecular weight is 396 g/mol. The second-order valence-corrected chi connectivity index (χ2v) is 7.88. The third-order valence-corrected chi connectivity index (χ3v) is 5.79. The Labute approximate surface area is 182 Å². The number of hydrogen-bond acceptors (Lipinski definition) is 1. The standard InChI is InChI=1S/C30H21N/c1-21-8-10-26(11-9-21)29-7-3-5-25-16-17-28(19-30(25)29)24-14-12-23(13-15-24)27-6-2-4-22(18-27)20-31/h2-19H,1H3. The minimum atomic E-state index is 0.680. The highest BCUT2D eigenvalue weighted by molar-refractivity contribution is 5.99. The molecule has 0 atom stereocenters. The van der Waals surface area contributed by atoms with Crippen LogP contribution in [0.3, 0.4) is 0 Å². The number of fused-ring (bicyclic) bond motifs is 1. The Morgan fingerprint density at radius 3 is 1.87 bits per heavy atom. The molecule has 0 saturated heterocycles. The maximum absolute atomic E-state index is 9.16. The first kappa shape index (κ1) is 18.9. The van der Waals surface area contributed by atoms with Gasteiger partial charge in [0.1, 0.15) is 0 Å². The van der Waals surface area contributed by atoms with Crippen molar-refractivity contribution < 1.29 is 0 Å². The van der Waals surface area contributed by atoms with Gasteiger partial charge in [-0.3, -0.25) is 0 Å². The molecule has 0 N–H and O–H groups in total. The van der Waals surface area contributed by atoms with Crippen molar-refractivity contribution in [1.82, 2.24) is 0 Å². The molecule has 0 fully saturated rings. The number of benzene rings is 5. The molecule has 31 heavy (non-hydrogen) atoms. The summed E-state index contributed by atoms with van der Waals surface area (Å²) in [5.41, 5.74) is 8.99. The van der Waals surface area contributed by atoms with Crippen LogP contribution in [-0.4, -0.2) is 0 Å². The number of aryl methyl sites for hydroxylation is 1. The van der Waals surface area contributed by atoms with Crippen LogP contribution in [0.25, 0.3) is 44.2 Å². The summed E-state index contributed by atoms with van der Waals surface area (Å²) in [5, 5.41) is 11.7. The van der Waals surface area contributed by atoms with Crippen LogP contribution in [0.4, 0.5) is 0 Å². The number of hydrogen-bond donors (Lipinski definition) is 0. The minimum absolute atomic E-state index is 0.680. The Bertz CT molecular complexity index is 1420. The van der Waals surface area contributed by atoms with E-state index in [1.165, 1.54) is 38.6 Å². The first-order chi connectivity index (χ1) is 15.2. The summed E-state index contributed by atoms with van der Waals surface area (Å²) in [6, 6.07) is 40.4. The van der Waals surface area contributed by atoms with Crippen molar-refractivity contribution in [3.63, 3.8) is 0 Å². The number of rotatable bonds is 3. The smallest absolute Gasteiger partial charge is 0.0991 e. The van der Waals surface area contributed by atoms with Crippen LogP contribution in [0.5, 0.6) is 0 Å². The molecule has 1 heteroatoms. The van der Waals surface area contributed by atoms with Crippen LogP contribution < -0.4 is 0 Å². The maximum Gasteiger partial charge on any atom is 0.0991 e. The minimum Gasteiger partial charge on any atom is -0.192 e. The molecule has 0 heterocycles. The van der Waals surface area contributed by atoms with Gasteiger partial charge in [0, 0.05) is 0 Å². The molecule has 0 radical (unpaired) electrons. The van der Waals surface area contributed by atoms with Gasteiger partial charge >= 0.3 is 0 Å². The summed E-state index contributed by atoms with van der Waals surface area (Å²) in [4.78, 5) is 0. The lowest BCUT2D eigenvalue weighted by Gasteiger charge is -2.11. The largest absolute Gasteiger partial charge is 0.192 e. The highest BCUT2D eigenvalue weighted by atomic mass is 14.2. The summed E-state index contributed by atoms with van der Waals surface area (Å²) >= 11 is 0. The summed E-state index contributed by atoms with van der Waals surface area (Å²) in [6.07, 6.45) is 0. The molecule has 0 unspecified atom stereocenters. The average Bonchev–Trinajstić information content (AvgIpc) is 2.84. The van der Waals surface area contributed by atoms with Crippen molar-refractivity contribution in [1.29, 1.82) is 5.26 Å². The van der Waals surface area contributed by atoms with E-state index < -0.39 is 0 Å². The Kier molecular flexibility index (Phi) is 4.83. The van der Waals surface area contributed by atoms with Crippen LogP contribution >= 0.6 is 0 Å². The predicted molar refractivity (Wildman–Crippen MR) is 130 cm³/mol. The highest BCUT2D eigenvalue weighted by Crippen LogP contribution is 2.33. The van der Waals surface area contributed by atoms with E-state index >= 15 is 0 Å². The maximum atomic E-state index is 9.16. The predicted octanol–water partition coefficient (Wildman–Crippen LogP) is 8.02. The van der Waals surface area contributed by atoms with E-state index in [0.29, 0.717) is 5.56 Å². The topological polar surface area (TPSA) is 23.8 Å². The van der Waals surface area contributed by atoms with Gasteiger partial charge in [0.2, 0.25) is 0 Å². The summed E-state index contributed by atoms with van der Waals surface area (Å²) in [5.74, 6) is 0. The molecule has 0 aromatic heterocycles. The highest BCUT2D eigenvalue weighted by Gasteiger charge is 2.07. The third-order valence-electron chi connectivity index (χ3n) is 5.79. The summed E-state index contributed by atoms with van der Waals surface area (Å²) < 4.78 is 0. The van der Waals surface area contributed by atoms with E-state index in [-0.39, 0.29) is 0 Å². The van der Waals surface area contributed by atoms with Gasteiger partial charge in [-0.25, -0.2) is 0 Å². The van der Waals surface area contributed by atoms with Gasteiger partial charge in [-0.1, -0.05) is 96.6 Å². The number of nitrogens with zero attached hydrogens (tertiary/aromatic N) is 1. The van der Waals surface area contributed by atoms with Gasteiger partial charge in [-0.2, -0.15) is 5.26 Å². The fourth-order valence-corrected chi connectivity index (χ4v) is 4.06. The monoisotopic (exact) mass is 395 g/mol. The first-order valence-corrected chi connectivity index (χ1v) is 10.4. The Morgan fingerprint density at radius 2 is 1.16 bits per heavy atom. The molecular formula is C30H21N. The van der Waals surface area contributed by atoms with Crippen molar-refractivity contribution >= 4 is 10.8 Å².